The lowest BCUT2D eigenvalue weighted by molar-refractivity contribution is 0.415. The molecule has 0 atom stereocenters. The third-order valence-corrected chi connectivity index (χ3v) is 3.28. The van der Waals surface area contributed by atoms with E-state index in [9.17, 15) is 0 Å². The van der Waals surface area contributed by atoms with Crippen LogP contribution >= 0.6 is 0 Å². The summed E-state index contributed by atoms with van der Waals surface area (Å²) in [6, 6.07) is 17.8. The van der Waals surface area contributed by atoms with Crippen LogP contribution in [0.5, 0.6) is 11.5 Å². The molecule has 3 heteroatoms. The van der Waals surface area contributed by atoms with E-state index in [0.29, 0.717) is 0 Å². The maximum atomic E-state index is 5.39. The van der Waals surface area contributed by atoms with Gasteiger partial charge in [-0.25, -0.2) is 4.98 Å². The van der Waals surface area contributed by atoms with Crippen molar-refractivity contribution in [3.63, 3.8) is 0 Å². The molecule has 0 aliphatic carbocycles. The molecule has 3 aromatic rings. The summed E-state index contributed by atoms with van der Waals surface area (Å²) >= 11 is 0. The fraction of sp³-hybridized carbons (Fsp3) is 0.118. The topological polar surface area (TPSA) is 31.4 Å². The van der Waals surface area contributed by atoms with Crippen molar-refractivity contribution in [2.24, 2.45) is 0 Å². The Kier molecular flexibility index (Phi) is 3.25. The quantitative estimate of drug-likeness (QED) is 0.719. The van der Waals surface area contributed by atoms with Crippen molar-refractivity contribution < 1.29 is 9.47 Å². The first-order valence-electron chi connectivity index (χ1n) is 6.40. The predicted molar refractivity (Wildman–Crippen MR) is 80.3 cm³/mol. The zero-order valence-corrected chi connectivity index (χ0v) is 11.5. The lowest BCUT2D eigenvalue weighted by Gasteiger charge is -2.09. The zero-order valence-electron chi connectivity index (χ0n) is 11.5. The van der Waals surface area contributed by atoms with E-state index in [-0.39, 0.29) is 0 Å². The summed E-state index contributed by atoms with van der Waals surface area (Å²) in [4.78, 5) is 4.69. The van der Waals surface area contributed by atoms with E-state index in [2.05, 4.69) is 0 Å². The largest absolute Gasteiger partial charge is 0.497 e. The van der Waals surface area contributed by atoms with Gasteiger partial charge in [0.2, 0.25) is 0 Å². The second kappa shape index (κ2) is 5.21. The fourth-order valence-electron chi connectivity index (χ4n) is 2.24. The Labute approximate surface area is 117 Å². The van der Waals surface area contributed by atoms with Crippen LogP contribution in [0.15, 0.2) is 54.6 Å². The molecule has 100 valence electrons. The number of nitrogens with zero attached hydrogens (tertiary/aromatic N) is 1. The van der Waals surface area contributed by atoms with E-state index in [0.717, 1.165) is 33.7 Å². The SMILES string of the molecule is COc1ccc2nc(-c3ccccc3OC)ccc2c1. The normalized spacial score (nSPS) is 10.5. The highest BCUT2D eigenvalue weighted by Crippen LogP contribution is 2.30. The van der Waals surface area contributed by atoms with Crippen molar-refractivity contribution in [1.82, 2.24) is 4.98 Å². The Morgan fingerprint density at radius 3 is 2.50 bits per heavy atom. The monoisotopic (exact) mass is 265 g/mol. The van der Waals surface area contributed by atoms with Crippen LogP contribution < -0.4 is 9.47 Å². The van der Waals surface area contributed by atoms with Crippen molar-refractivity contribution in [2.75, 3.05) is 14.2 Å². The molecule has 0 saturated carbocycles. The molecule has 0 spiro atoms. The second-order valence-electron chi connectivity index (χ2n) is 4.46. The number of benzene rings is 2. The number of para-hydroxylation sites is 1. The van der Waals surface area contributed by atoms with Crippen LogP contribution in [-0.4, -0.2) is 19.2 Å². The van der Waals surface area contributed by atoms with E-state index in [1.165, 1.54) is 0 Å². The molecular weight excluding hydrogens is 250 g/mol. The molecule has 0 aliphatic heterocycles. The molecule has 0 saturated heterocycles. The van der Waals surface area contributed by atoms with Crippen molar-refractivity contribution in [3.8, 4) is 22.8 Å². The van der Waals surface area contributed by atoms with Gasteiger partial charge in [-0.1, -0.05) is 18.2 Å². The van der Waals surface area contributed by atoms with Gasteiger partial charge in [0.1, 0.15) is 11.5 Å². The summed E-state index contributed by atoms with van der Waals surface area (Å²) in [6.07, 6.45) is 0. The highest BCUT2D eigenvalue weighted by Gasteiger charge is 2.07. The maximum absolute atomic E-state index is 5.39. The summed E-state index contributed by atoms with van der Waals surface area (Å²) in [5.74, 6) is 1.66. The summed E-state index contributed by atoms with van der Waals surface area (Å²) < 4.78 is 10.6. The molecule has 20 heavy (non-hydrogen) atoms. The summed E-state index contributed by atoms with van der Waals surface area (Å²) in [5, 5.41) is 1.06. The molecule has 1 heterocycles. The number of hydrogen-bond acceptors (Lipinski definition) is 3. The van der Waals surface area contributed by atoms with Gasteiger partial charge in [-0.2, -0.15) is 0 Å². The Hall–Kier alpha value is -2.55. The standard InChI is InChI=1S/C17H15NO2/c1-19-13-8-10-15-12(11-13)7-9-16(18-15)14-5-3-4-6-17(14)20-2/h3-11H,1-2H3. The fourth-order valence-corrected chi connectivity index (χ4v) is 2.24. The van der Waals surface area contributed by atoms with E-state index < -0.39 is 0 Å². The van der Waals surface area contributed by atoms with Crippen LogP contribution in [-0.2, 0) is 0 Å². The highest BCUT2D eigenvalue weighted by atomic mass is 16.5. The first-order chi connectivity index (χ1) is 9.81. The van der Waals surface area contributed by atoms with Gasteiger partial charge in [0, 0.05) is 10.9 Å². The van der Waals surface area contributed by atoms with Gasteiger partial charge in [-0.3, -0.25) is 0 Å². The number of rotatable bonds is 3. The molecule has 0 unspecified atom stereocenters. The van der Waals surface area contributed by atoms with Crippen LogP contribution in [0.4, 0.5) is 0 Å². The van der Waals surface area contributed by atoms with Crippen molar-refractivity contribution in [1.29, 1.82) is 0 Å². The Bertz CT molecular complexity index is 753. The highest BCUT2D eigenvalue weighted by molar-refractivity contribution is 5.83. The molecule has 0 aliphatic rings. The molecule has 3 nitrogen and oxygen atoms in total. The van der Waals surface area contributed by atoms with E-state index in [1.807, 2.05) is 54.6 Å². The summed E-state index contributed by atoms with van der Waals surface area (Å²) in [5.41, 5.74) is 2.84. The Morgan fingerprint density at radius 1 is 0.850 bits per heavy atom. The molecule has 0 radical (unpaired) electrons. The molecule has 2 aromatic carbocycles. The van der Waals surface area contributed by atoms with Crippen LogP contribution in [0.1, 0.15) is 0 Å². The first-order valence-corrected chi connectivity index (χ1v) is 6.40. The average molecular weight is 265 g/mol. The number of aromatic nitrogens is 1. The van der Waals surface area contributed by atoms with Crippen molar-refractivity contribution in [3.05, 3.63) is 54.6 Å². The molecule has 3 rings (SSSR count). The summed E-state index contributed by atoms with van der Waals surface area (Å²) in [6.45, 7) is 0. The minimum atomic E-state index is 0.827. The maximum Gasteiger partial charge on any atom is 0.128 e. The van der Waals surface area contributed by atoms with E-state index >= 15 is 0 Å². The summed E-state index contributed by atoms with van der Waals surface area (Å²) in [7, 11) is 3.34. The molecule has 0 amide bonds. The van der Waals surface area contributed by atoms with Crippen LogP contribution in [0, 0.1) is 0 Å². The minimum Gasteiger partial charge on any atom is -0.497 e. The number of pyridine rings is 1. The average Bonchev–Trinajstić information content (AvgIpc) is 2.53. The number of fused-ring (bicyclic) bond motifs is 1. The smallest absolute Gasteiger partial charge is 0.128 e. The third-order valence-electron chi connectivity index (χ3n) is 3.28. The minimum absolute atomic E-state index is 0.827. The van der Waals surface area contributed by atoms with Gasteiger partial charge in [-0.15, -0.1) is 0 Å². The Morgan fingerprint density at radius 2 is 1.70 bits per heavy atom. The van der Waals surface area contributed by atoms with E-state index in [1.54, 1.807) is 14.2 Å². The lowest BCUT2D eigenvalue weighted by atomic mass is 10.1. The number of methoxy groups -OCH3 is 2. The zero-order chi connectivity index (χ0) is 13.9. The lowest BCUT2D eigenvalue weighted by Crippen LogP contribution is -1.90. The van der Waals surface area contributed by atoms with Crippen LogP contribution in [0.25, 0.3) is 22.2 Å². The third kappa shape index (κ3) is 2.18. The van der Waals surface area contributed by atoms with Crippen molar-refractivity contribution in [2.45, 2.75) is 0 Å². The van der Waals surface area contributed by atoms with Gasteiger partial charge in [0.05, 0.1) is 25.4 Å². The molecule has 0 bridgehead atoms. The number of ether oxygens (including phenoxy) is 2. The van der Waals surface area contributed by atoms with Gasteiger partial charge in [-0.05, 0) is 36.4 Å². The number of hydrogen-bond donors (Lipinski definition) is 0. The van der Waals surface area contributed by atoms with Gasteiger partial charge in [0.25, 0.3) is 0 Å². The van der Waals surface area contributed by atoms with Gasteiger partial charge < -0.3 is 9.47 Å². The predicted octanol–water partition coefficient (Wildman–Crippen LogP) is 3.92. The first kappa shape index (κ1) is 12.5. The molecular formula is C17H15NO2. The Balaban J connectivity index is 2.13. The van der Waals surface area contributed by atoms with Crippen LogP contribution in [0.2, 0.25) is 0 Å². The van der Waals surface area contributed by atoms with Gasteiger partial charge >= 0.3 is 0 Å². The van der Waals surface area contributed by atoms with Crippen molar-refractivity contribution >= 4 is 10.9 Å². The molecule has 0 fully saturated rings. The van der Waals surface area contributed by atoms with Crippen LogP contribution in [0.3, 0.4) is 0 Å². The second-order valence-corrected chi connectivity index (χ2v) is 4.46. The van der Waals surface area contributed by atoms with E-state index in [4.69, 9.17) is 14.5 Å². The van der Waals surface area contributed by atoms with Gasteiger partial charge in [0.15, 0.2) is 0 Å². The molecule has 1 aromatic heterocycles. The molecule has 0 N–H and O–H groups in total.